The molecule has 0 saturated carbocycles. The van der Waals surface area contributed by atoms with Crippen molar-refractivity contribution < 1.29 is 4.79 Å². The first kappa shape index (κ1) is 10.2. The van der Waals surface area contributed by atoms with Crippen molar-refractivity contribution in [3.63, 3.8) is 0 Å². The molecule has 2 heteroatoms. The molecule has 1 aromatic rings. The minimum Gasteiger partial charge on any atom is -0.314 e. The Morgan fingerprint density at radius 3 is 2.67 bits per heavy atom. The number of carbonyl (C=O) groups is 1. The fourth-order valence-corrected chi connectivity index (χ4v) is 2.48. The number of benzene rings is 1. The molecule has 15 heavy (non-hydrogen) atoms. The van der Waals surface area contributed by atoms with Crippen LogP contribution in [0.1, 0.15) is 31.4 Å². The summed E-state index contributed by atoms with van der Waals surface area (Å²) in [6, 6.07) is 6.17. The summed E-state index contributed by atoms with van der Waals surface area (Å²) in [6.45, 7) is 6.17. The van der Waals surface area contributed by atoms with Gasteiger partial charge in [-0.05, 0) is 31.4 Å². The molecule has 2 rings (SSSR count). The van der Waals surface area contributed by atoms with Gasteiger partial charge in [0.05, 0.1) is 11.1 Å². The van der Waals surface area contributed by atoms with Crippen molar-refractivity contribution in [3.05, 3.63) is 29.3 Å². The van der Waals surface area contributed by atoms with Crippen molar-refractivity contribution in [3.8, 4) is 0 Å². The Labute approximate surface area is 90.9 Å². The third-order valence-electron chi connectivity index (χ3n) is 3.65. The third-order valence-corrected chi connectivity index (χ3v) is 3.65. The summed E-state index contributed by atoms with van der Waals surface area (Å²) in [5.41, 5.74) is 3.14. The Hall–Kier alpha value is -1.31. The molecule has 1 aromatic carbocycles. The van der Waals surface area contributed by atoms with E-state index in [-0.39, 0.29) is 11.3 Å². The lowest BCUT2D eigenvalue weighted by Gasteiger charge is -2.20. The number of hydrogen-bond donors (Lipinski definition) is 0. The Balaban J connectivity index is 2.71. The van der Waals surface area contributed by atoms with Crippen LogP contribution in [0.2, 0.25) is 0 Å². The first-order valence-corrected chi connectivity index (χ1v) is 5.40. The average molecular weight is 203 g/mol. The van der Waals surface area contributed by atoms with Gasteiger partial charge in [0, 0.05) is 7.05 Å². The van der Waals surface area contributed by atoms with Crippen molar-refractivity contribution in [2.45, 2.75) is 32.6 Å². The van der Waals surface area contributed by atoms with Crippen LogP contribution in [-0.4, -0.2) is 13.0 Å². The zero-order chi connectivity index (χ0) is 11.2. The lowest BCUT2D eigenvalue weighted by molar-refractivity contribution is -0.122. The van der Waals surface area contributed by atoms with Crippen LogP contribution < -0.4 is 4.90 Å². The first-order valence-electron chi connectivity index (χ1n) is 5.40. The minimum absolute atomic E-state index is 0.217. The maximum Gasteiger partial charge on any atom is 0.237 e. The van der Waals surface area contributed by atoms with Gasteiger partial charge in [-0.1, -0.05) is 25.1 Å². The second-order valence-electron chi connectivity index (χ2n) is 4.52. The topological polar surface area (TPSA) is 20.3 Å². The van der Waals surface area contributed by atoms with Gasteiger partial charge >= 0.3 is 0 Å². The minimum atomic E-state index is -0.323. The number of likely N-dealkylation sites (N-methyl/N-ethyl adjacent to an activating group) is 1. The Morgan fingerprint density at radius 2 is 2.07 bits per heavy atom. The molecule has 0 saturated heterocycles. The predicted octanol–water partition coefficient (Wildman–Crippen LogP) is 2.64. The van der Waals surface area contributed by atoms with Crippen LogP contribution in [0.25, 0.3) is 0 Å². The van der Waals surface area contributed by atoms with Gasteiger partial charge in [0.15, 0.2) is 0 Å². The van der Waals surface area contributed by atoms with E-state index >= 15 is 0 Å². The molecule has 1 amide bonds. The molecule has 0 aromatic heterocycles. The lowest BCUT2D eigenvalue weighted by Crippen LogP contribution is -2.35. The summed E-state index contributed by atoms with van der Waals surface area (Å²) in [7, 11) is 1.87. The summed E-state index contributed by atoms with van der Waals surface area (Å²) >= 11 is 0. The number of fused-ring (bicyclic) bond motifs is 1. The van der Waals surface area contributed by atoms with Crippen molar-refractivity contribution in [1.82, 2.24) is 0 Å². The van der Waals surface area contributed by atoms with E-state index in [0.29, 0.717) is 0 Å². The van der Waals surface area contributed by atoms with Gasteiger partial charge in [0.25, 0.3) is 0 Å². The molecular formula is C13H17NO. The highest BCUT2D eigenvalue weighted by Gasteiger charge is 2.44. The number of rotatable bonds is 1. The van der Waals surface area contributed by atoms with Gasteiger partial charge in [0.1, 0.15) is 0 Å². The summed E-state index contributed by atoms with van der Waals surface area (Å²) < 4.78 is 0. The number of nitrogens with zero attached hydrogens (tertiary/aromatic N) is 1. The molecule has 0 aliphatic carbocycles. The Morgan fingerprint density at radius 1 is 1.40 bits per heavy atom. The fraction of sp³-hybridized carbons (Fsp3) is 0.462. The first-order chi connectivity index (χ1) is 7.02. The molecule has 0 unspecified atom stereocenters. The van der Waals surface area contributed by atoms with Crippen molar-refractivity contribution in [2.24, 2.45) is 0 Å². The number of para-hydroxylation sites is 1. The quantitative estimate of drug-likeness (QED) is 0.687. The van der Waals surface area contributed by atoms with Crippen LogP contribution in [0.15, 0.2) is 18.2 Å². The molecule has 2 nitrogen and oxygen atoms in total. The number of aryl methyl sites for hydroxylation is 1. The van der Waals surface area contributed by atoms with Gasteiger partial charge in [-0.15, -0.1) is 0 Å². The van der Waals surface area contributed by atoms with E-state index in [1.165, 1.54) is 11.1 Å². The molecule has 80 valence electrons. The van der Waals surface area contributed by atoms with Crippen molar-refractivity contribution in [1.29, 1.82) is 0 Å². The number of amides is 1. The zero-order valence-electron chi connectivity index (χ0n) is 9.79. The van der Waals surface area contributed by atoms with Crippen molar-refractivity contribution >= 4 is 11.6 Å². The SMILES string of the molecule is CC[C@@]1(C)C(=O)N(C)c2c(C)cccc21. The Kier molecular flexibility index (Phi) is 2.10. The summed E-state index contributed by atoms with van der Waals surface area (Å²) in [5.74, 6) is 0.217. The molecule has 0 N–H and O–H groups in total. The van der Waals surface area contributed by atoms with Gasteiger partial charge < -0.3 is 4.90 Å². The molecule has 1 aliphatic heterocycles. The summed E-state index contributed by atoms with van der Waals surface area (Å²) in [5, 5.41) is 0. The maximum atomic E-state index is 12.2. The van der Waals surface area contributed by atoms with E-state index in [2.05, 4.69) is 26.0 Å². The lowest BCUT2D eigenvalue weighted by atomic mass is 9.81. The third kappa shape index (κ3) is 1.14. The van der Waals surface area contributed by atoms with Crippen molar-refractivity contribution in [2.75, 3.05) is 11.9 Å². The normalized spacial score (nSPS) is 24.5. The summed E-state index contributed by atoms with van der Waals surface area (Å²) in [6.07, 6.45) is 0.854. The number of hydrogen-bond acceptors (Lipinski definition) is 1. The molecule has 0 fully saturated rings. The van der Waals surface area contributed by atoms with Crippen LogP contribution in [0.4, 0.5) is 5.69 Å². The monoisotopic (exact) mass is 203 g/mol. The highest BCUT2D eigenvalue weighted by atomic mass is 16.2. The van der Waals surface area contributed by atoms with Crippen LogP contribution in [0.5, 0.6) is 0 Å². The smallest absolute Gasteiger partial charge is 0.237 e. The van der Waals surface area contributed by atoms with E-state index in [1.54, 1.807) is 4.90 Å². The average Bonchev–Trinajstić information content (AvgIpc) is 2.43. The largest absolute Gasteiger partial charge is 0.314 e. The predicted molar refractivity (Wildman–Crippen MR) is 62.2 cm³/mol. The van der Waals surface area contributed by atoms with Crippen LogP contribution >= 0.6 is 0 Å². The fourth-order valence-electron chi connectivity index (χ4n) is 2.48. The van der Waals surface area contributed by atoms with Crippen LogP contribution in [0.3, 0.4) is 0 Å². The second kappa shape index (κ2) is 3.09. The van der Waals surface area contributed by atoms with Gasteiger partial charge in [-0.25, -0.2) is 0 Å². The molecule has 0 radical (unpaired) electrons. The molecule has 1 atom stereocenters. The van der Waals surface area contributed by atoms with E-state index in [9.17, 15) is 4.79 Å². The van der Waals surface area contributed by atoms with E-state index in [4.69, 9.17) is 0 Å². The molecular weight excluding hydrogens is 186 g/mol. The van der Waals surface area contributed by atoms with Gasteiger partial charge in [0.2, 0.25) is 5.91 Å². The molecule has 0 bridgehead atoms. The van der Waals surface area contributed by atoms with Crippen LogP contribution in [-0.2, 0) is 10.2 Å². The van der Waals surface area contributed by atoms with E-state index in [1.807, 2.05) is 20.0 Å². The second-order valence-corrected chi connectivity index (χ2v) is 4.52. The Bertz CT molecular complexity index is 425. The van der Waals surface area contributed by atoms with E-state index in [0.717, 1.165) is 12.1 Å². The number of carbonyl (C=O) groups excluding carboxylic acids is 1. The van der Waals surface area contributed by atoms with Gasteiger partial charge in [-0.3, -0.25) is 4.79 Å². The maximum absolute atomic E-state index is 12.2. The molecule has 1 heterocycles. The number of anilines is 1. The molecule has 1 aliphatic rings. The van der Waals surface area contributed by atoms with Crippen LogP contribution in [0, 0.1) is 6.92 Å². The standard InChI is InChI=1S/C13H17NO/c1-5-13(3)10-8-6-7-9(2)11(10)14(4)12(13)15/h6-8H,5H2,1-4H3/t13-/m1/s1. The summed E-state index contributed by atoms with van der Waals surface area (Å²) in [4.78, 5) is 14.0. The van der Waals surface area contributed by atoms with E-state index < -0.39 is 0 Å². The zero-order valence-corrected chi connectivity index (χ0v) is 9.79. The highest BCUT2D eigenvalue weighted by molar-refractivity contribution is 6.08. The highest BCUT2D eigenvalue weighted by Crippen LogP contribution is 2.44. The van der Waals surface area contributed by atoms with Gasteiger partial charge in [-0.2, -0.15) is 0 Å². The molecule has 0 spiro atoms.